The quantitative estimate of drug-likeness (QED) is 0.583. The summed E-state index contributed by atoms with van der Waals surface area (Å²) in [6.45, 7) is 13.6. The first-order valence-corrected chi connectivity index (χ1v) is 7.43. The van der Waals surface area contributed by atoms with Crippen molar-refractivity contribution >= 4 is 11.8 Å². The Morgan fingerprint density at radius 2 is 1.80 bits per heavy atom. The Labute approximate surface area is 100 Å². The van der Waals surface area contributed by atoms with Crippen LogP contribution >= 0.6 is 11.8 Å². The lowest BCUT2D eigenvalue weighted by Gasteiger charge is -2.17. The van der Waals surface area contributed by atoms with Crippen LogP contribution in [0.25, 0.3) is 0 Å². The van der Waals surface area contributed by atoms with Crippen molar-refractivity contribution in [3.05, 3.63) is 0 Å². The number of thioether (sulfide) groups is 1. The number of rotatable bonds is 10. The maximum atomic E-state index is 3.44. The van der Waals surface area contributed by atoms with Gasteiger partial charge in [0.2, 0.25) is 0 Å². The van der Waals surface area contributed by atoms with Gasteiger partial charge in [0.1, 0.15) is 0 Å². The van der Waals surface area contributed by atoms with Crippen molar-refractivity contribution in [3.63, 3.8) is 0 Å². The molecular weight excluding hydrogens is 204 g/mol. The highest BCUT2D eigenvalue weighted by Crippen LogP contribution is 2.05. The highest BCUT2D eigenvalue weighted by Gasteiger charge is 2.01. The molecule has 0 saturated carbocycles. The average molecular weight is 232 g/mol. The predicted octanol–water partition coefficient (Wildman–Crippen LogP) is 2.45. The number of hydrogen-bond donors (Lipinski definition) is 1. The molecule has 2 nitrogen and oxygen atoms in total. The van der Waals surface area contributed by atoms with Gasteiger partial charge in [0, 0.05) is 18.3 Å². The first-order valence-electron chi connectivity index (χ1n) is 6.28. The molecule has 0 radical (unpaired) electrons. The fourth-order valence-corrected chi connectivity index (χ4v) is 2.66. The van der Waals surface area contributed by atoms with Gasteiger partial charge in [-0.15, -0.1) is 0 Å². The molecule has 1 atom stereocenters. The molecule has 1 N–H and O–H groups in total. The van der Waals surface area contributed by atoms with Crippen molar-refractivity contribution in [2.75, 3.05) is 37.7 Å². The van der Waals surface area contributed by atoms with E-state index in [1.807, 2.05) is 0 Å². The van der Waals surface area contributed by atoms with Gasteiger partial charge in [-0.3, -0.25) is 0 Å². The minimum atomic E-state index is 0.677. The molecular formula is C12H28N2S. The topological polar surface area (TPSA) is 15.3 Å². The Hall–Kier alpha value is 0.270. The van der Waals surface area contributed by atoms with Crippen LogP contribution in [0.4, 0.5) is 0 Å². The first kappa shape index (κ1) is 15.3. The summed E-state index contributed by atoms with van der Waals surface area (Å²) in [5.74, 6) is 2.57. The Balaban J connectivity index is 3.23. The van der Waals surface area contributed by atoms with Gasteiger partial charge in [0.05, 0.1) is 0 Å². The van der Waals surface area contributed by atoms with Gasteiger partial charge >= 0.3 is 0 Å². The van der Waals surface area contributed by atoms with E-state index in [1.165, 1.54) is 37.6 Å². The van der Waals surface area contributed by atoms with E-state index in [0.717, 1.165) is 6.54 Å². The van der Waals surface area contributed by atoms with Gasteiger partial charge in [-0.25, -0.2) is 0 Å². The standard InChI is InChI=1S/C12H28N2S/c1-5-13-12(4)8-10-15-11-9-14(6-2)7-3/h12-13H,5-11H2,1-4H3. The van der Waals surface area contributed by atoms with Crippen LogP contribution in [0.5, 0.6) is 0 Å². The molecule has 0 aromatic heterocycles. The third kappa shape index (κ3) is 9.21. The summed E-state index contributed by atoms with van der Waals surface area (Å²) in [5, 5.41) is 3.44. The maximum Gasteiger partial charge on any atom is 0.00721 e. The second kappa shape index (κ2) is 10.8. The largest absolute Gasteiger partial charge is 0.315 e. The molecule has 3 heteroatoms. The molecule has 0 saturated heterocycles. The van der Waals surface area contributed by atoms with Gasteiger partial charge in [-0.2, -0.15) is 11.8 Å². The molecule has 0 rings (SSSR count). The summed E-state index contributed by atoms with van der Waals surface area (Å²) in [4.78, 5) is 2.49. The summed E-state index contributed by atoms with van der Waals surface area (Å²) in [6.07, 6.45) is 1.29. The summed E-state index contributed by atoms with van der Waals surface area (Å²) < 4.78 is 0. The summed E-state index contributed by atoms with van der Waals surface area (Å²) >= 11 is 2.08. The molecule has 0 heterocycles. The summed E-state index contributed by atoms with van der Waals surface area (Å²) in [7, 11) is 0. The Bertz CT molecular complexity index is 127. The monoisotopic (exact) mass is 232 g/mol. The SMILES string of the molecule is CCNC(C)CCSCCN(CC)CC. The normalized spacial score (nSPS) is 13.4. The molecule has 0 bridgehead atoms. The Kier molecular flexibility index (Phi) is 11.0. The van der Waals surface area contributed by atoms with Crippen LogP contribution in [-0.2, 0) is 0 Å². The molecule has 0 aromatic rings. The highest BCUT2D eigenvalue weighted by atomic mass is 32.2. The van der Waals surface area contributed by atoms with E-state index >= 15 is 0 Å². The van der Waals surface area contributed by atoms with E-state index < -0.39 is 0 Å². The van der Waals surface area contributed by atoms with Crippen LogP contribution in [-0.4, -0.2) is 48.6 Å². The van der Waals surface area contributed by atoms with E-state index in [9.17, 15) is 0 Å². The Morgan fingerprint density at radius 1 is 1.13 bits per heavy atom. The molecule has 0 fully saturated rings. The number of nitrogens with one attached hydrogen (secondary N) is 1. The molecule has 0 aliphatic carbocycles. The fraction of sp³-hybridized carbons (Fsp3) is 1.00. The highest BCUT2D eigenvalue weighted by molar-refractivity contribution is 7.99. The average Bonchev–Trinajstić information content (AvgIpc) is 2.24. The predicted molar refractivity (Wildman–Crippen MR) is 72.9 cm³/mol. The zero-order chi connectivity index (χ0) is 11.5. The van der Waals surface area contributed by atoms with E-state index in [2.05, 4.69) is 49.7 Å². The molecule has 0 aromatic carbocycles. The lowest BCUT2D eigenvalue weighted by atomic mass is 10.3. The van der Waals surface area contributed by atoms with Crippen molar-refractivity contribution in [1.29, 1.82) is 0 Å². The molecule has 15 heavy (non-hydrogen) atoms. The Morgan fingerprint density at radius 3 is 2.33 bits per heavy atom. The molecule has 0 spiro atoms. The summed E-state index contributed by atoms with van der Waals surface area (Å²) in [6, 6.07) is 0.677. The fourth-order valence-electron chi connectivity index (χ4n) is 1.55. The van der Waals surface area contributed by atoms with Crippen LogP contribution in [0.3, 0.4) is 0 Å². The summed E-state index contributed by atoms with van der Waals surface area (Å²) in [5.41, 5.74) is 0. The van der Waals surface area contributed by atoms with Crippen molar-refractivity contribution < 1.29 is 0 Å². The van der Waals surface area contributed by atoms with E-state index in [4.69, 9.17) is 0 Å². The van der Waals surface area contributed by atoms with Crippen molar-refractivity contribution in [2.24, 2.45) is 0 Å². The molecule has 0 aliphatic heterocycles. The zero-order valence-electron chi connectivity index (χ0n) is 10.9. The lowest BCUT2D eigenvalue weighted by Crippen LogP contribution is -2.27. The van der Waals surface area contributed by atoms with Crippen LogP contribution in [0.2, 0.25) is 0 Å². The van der Waals surface area contributed by atoms with E-state index in [1.54, 1.807) is 0 Å². The van der Waals surface area contributed by atoms with Crippen LogP contribution in [0.1, 0.15) is 34.1 Å². The number of hydrogen-bond acceptors (Lipinski definition) is 3. The maximum absolute atomic E-state index is 3.44. The third-order valence-electron chi connectivity index (χ3n) is 2.69. The van der Waals surface area contributed by atoms with Crippen molar-refractivity contribution in [1.82, 2.24) is 10.2 Å². The minimum absolute atomic E-state index is 0.677. The van der Waals surface area contributed by atoms with Gasteiger partial charge < -0.3 is 10.2 Å². The lowest BCUT2D eigenvalue weighted by molar-refractivity contribution is 0.324. The number of nitrogens with zero attached hydrogens (tertiary/aromatic N) is 1. The smallest absolute Gasteiger partial charge is 0.00721 e. The van der Waals surface area contributed by atoms with E-state index in [0.29, 0.717) is 6.04 Å². The molecule has 92 valence electrons. The van der Waals surface area contributed by atoms with Crippen molar-refractivity contribution in [2.45, 2.75) is 40.2 Å². The van der Waals surface area contributed by atoms with Crippen LogP contribution < -0.4 is 5.32 Å². The first-order chi connectivity index (χ1) is 7.24. The molecule has 0 aliphatic rings. The molecule has 1 unspecified atom stereocenters. The van der Waals surface area contributed by atoms with Gasteiger partial charge in [0.25, 0.3) is 0 Å². The van der Waals surface area contributed by atoms with Crippen LogP contribution in [0, 0.1) is 0 Å². The second-order valence-electron chi connectivity index (χ2n) is 3.89. The molecule has 0 amide bonds. The van der Waals surface area contributed by atoms with Gasteiger partial charge in [-0.05, 0) is 38.7 Å². The van der Waals surface area contributed by atoms with Gasteiger partial charge in [-0.1, -0.05) is 20.8 Å². The van der Waals surface area contributed by atoms with Crippen molar-refractivity contribution in [3.8, 4) is 0 Å². The van der Waals surface area contributed by atoms with Gasteiger partial charge in [0.15, 0.2) is 0 Å². The third-order valence-corrected chi connectivity index (χ3v) is 3.69. The van der Waals surface area contributed by atoms with Crippen LogP contribution in [0.15, 0.2) is 0 Å². The van der Waals surface area contributed by atoms with E-state index in [-0.39, 0.29) is 0 Å². The minimum Gasteiger partial charge on any atom is -0.315 e. The second-order valence-corrected chi connectivity index (χ2v) is 5.11. The zero-order valence-corrected chi connectivity index (χ0v) is 11.7.